The summed E-state index contributed by atoms with van der Waals surface area (Å²) in [6, 6.07) is 9.25. The van der Waals surface area contributed by atoms with Crippen LogP contribution < -0.4 is 0 Å². The molecule has 2 rings (SSSR count). The number of sulfone groups is 1. The van der Waals surface area contributed by atoms with Crippen molar-refractivity contribution in [1.82, 2.24) is 10.2 Å². The van der Waals surface area contributed by atoms with E-state index < -0.39 is 15.8 Å². The van der Waals surface area contributed by atoms with Crippen molar-refractivity contribution in [3.05, 3.63) is 42.1 Å². The van der Waals surface area contributed by atoms with Gasteiger partial charge in [0.2, 0.25) is 0 Å². The van der Waals surface area contributed by atoms with Gasteiger partial charge in [0.25, 0.3) is 0 Å². The van der Waals surface area contributed by atoms with Gasteiger partial charge in [0.1, 0.15) is 5.03 Å². The molecule has 6 nitrogen and oxygen atoms in total. The van der Waals surface area contributed by atoms with E-state index >= 15 is 0 Å². The molecule has 0 bridgehead atoms. The highest BCUT2D eigenvalue weighted by Crippen LogP contribution is 2.26. The van der Waals surface area contributed by atoms with Crippen LogP contribution in [0.25, 0.3) is 0 Å². The topological polar surface area (TPSA) is 97.2 Å². The van der Waals surface area contributed by atoms with Gasteiger partial charge in [-0.05, 0) is 36.4 Å². The van der Waals surface area contributed by atoms with Crippen molar-refractivity contribution in [2.45, 2.75) is 14.8 Å². The molecule has 0 saturated carbocycles. The zero-order valence-electron chi connectivity index (χ0n) is 10.3. The molecular weight excluding hydrogens is 300 g/mol. The van der Waals surface area contributed by atoms with Gasteiger partial charge in [0, 0.05) is 11.2 Å². The molecule has 0 saturated heterocycles. The lowest BCUT2D eigenvalue weighted by Crippen LogP contribution is -2.01. The highest BCUT2D eigenvalue weighted by molar-refractivity contribution is 7.99. The van der Waals surface area contributed by atoms with Crippen molar-refractivity contribution in [3.8, 4) is 0 Å². The molecule has 0 fully saturated rings. The Balaban J connectivity index is 2.16. The van der Waals surface area contributed by atoms with Gasteiger partial charge in [-0.3, -0.25) is 0 Å². The van der Waals surface area contributed by atoms with Crippen LogP contribution in [0, 0.1) is 0 Å². The number of benzene rings is 1. The fraction of sp³-hybridized carbons (Fsp3) is 0.0833. The molecule has 0 aliphatic rings. The number of nitrogens with zero attached hydrogens (tertiary/aromatic N) is 2. The number of hydrogen-bond donors (Lipinski definition) is 1. The maximum atomic E-state index is 11.3. The second-order valence-electron chi connectivity index (χ2n) is 3.91. The molecule has 0 aliphatic carbocycles. The van der Waals surface area contributed by atoms with E-state index in [1.54, 1.807) is 18.2 Å². The highest BCUT2D eigenvalue weighted by Gasteiger charge is 2.08. The van der Waals surface area contributed by atoms with Crippen LogP contribution in [0.3, 0.4) is 0 Å². The van der Waals surface area contributed by atoms with E-state index in [-0.39, 0.29) is 10.6 Å². The van der Waals surface area contributed by atoms with Gasteiger partial charge in [-0.15, -0.1) is 10.2 Å². The van der Waals surface area contributed by atoms with Crippen LogP contribution in [-0.4, -0.2) is 35.9 Å². The molecule has 1 aromatic carbocycles. The predicted octanol–water partition coefficient (Wildman–Crippen LogP) is 1.73. The molecule has 104 valence electrons. The minimum Gasteiger partial charge on any atom is -0.476 e. The van der Waals surface area contributed by atoms with Gasteiger partial charge >= 0.3 is 5.97 Å². The van der Waals surface area contributed by atoms with E-state index in [4.69, 9.17) is 5.11 Å². The SMILES string of the molecule is CS(=O)(=O)c1ccc(Sc2ccc(C(=O)O)nn2)cc1. The summed E-state index contributed by atoms with van der Waals surface area (Å²) < 4.78 is 22.6. The van der Waals surface area contributed by atoms with Gasteiger partial charge in [-0.25, -0.2) is 13.2 Å². The average Bonchev–Trinajstić information content (AvgIpc) is 2.39. The maximum absolute atomic E-state index is 11.3. The standard InChI is InChI=1S/C12H10N2O4S2/c1-20(17,18)9-4-2-8(3-5-9)19-11-7-6-10(12(15)16)13-14-11/h2-7H,1H3,(H,15,16). The van der Waals surface area contributed by atoms with Gasteiger partial charge in [-0.2, -0.15) is 0 Å². The maximum Gasteiger partial charge on any atom is 0.356 e. The van der Waals surface area contributed by atoms with Gasteiger partial charge in [0.15, 0.2) is 15.5 Å². The molecule has 20 heavy (non-hydrogen) atoms. The first kappa shape index (κ1) is 14.5. The molecular formula is C12H10N2O4S2. The first-order valence-corrected chi connectivity index (χ1v) is 8.12. The van der Waals surface area contributed by atoms with Crippen LogP contribution in [0.15, 0.2) is 51.2 Å². The number of carbonyl (C=O) groups is 1. The lowest BCUT2D eigenvalue weighted by Gasteiger charge is -2.02. The molecule has 0 radical (unpaired) electrons. The lowest BCUT2D eigenvalue weighted by atomic mass is 10.4. The molecule has 0 unspecified atom stereocenters. The Kier molecular flexibility index (Phi) is 4.05. The Morgan fingerprint density at radius 2 is 1.75 bits per heavy atom. The molecule has 0 amide bonds. The van der Waals surface area contributed by atoms with E-state index in [1.165, 1.54) is 30.0 Å². The fourth-order valence-electron chi connectivity index (χ4n) is 1.36. The van der Waals surface area contributed by atoms with Crippen LogP contribution >= 0.6 is 11.8 Å². The van der Waals surface area contributed by atoms with E-state index in [0.717, 1.165) is 11.2 Å². The Bertz CT molecular complexity index is 725. The first-order chi connectivity index (χ1) is 9.36. The molecule has 1 heterocycles. The van der Waals surface area contributed by atoms with Crippen molar-refractivity contribution in [2.75, 3.05) is 6.26 Å². The number of aromatic carboxylic acids is 1. The van der Waals surface area contributed by atoms with Crippen molar-refractivity contribution in [2.24, 2.45) is 0 Å². The number of aromatic nitrogens is 2. The third-order valence-corrected chi connectivity index (χ3v) is 4.40. The average molecular weight is 310 g/mol. The minimum atomic E-state index is -3.21. The molecule has 0 atom stereocenters. The number of carboxylic acid groups (broad SMARTS) is 1. The van der Waals surface area contributed by atoms with Crippen LogP contribution in [0.4, 0.5) is 0 Å². The Morgan fingerprint density at radius 1 is 1.10 bits per heavy atom. The summed E-state index contributed by atoms with van der Waals surface area (Å²) in [6.45, 7) is 0. The minimum absolute atomic E-state index is 0.123. The molecule has 1 N–H and O–H groups in total. The van der Waals surface area contributed by atoms with Crippen LogP contribution in [0.1, 0.15) is 10.5 Å². The van der Waals surface area contributed by atoms with Crippen molar-refractivity contribution in [1.29, 1.82) is 0 Å². The first-order valence-electron chi connectivity index (χ1n) is 5.41. The van der Waals surface area contributed by atoms with E-state index in [1.807, 2.05) is 0 Å². The summed E-state index contributed by atoms with van der Waals surface area (Å²) in [5, 5.41) is 16.6. The fourth-order valence-corrected chi connectivity index (χ4v) is 2.73. The smallest absolute Gasteiger partial charge is 0.356 e. The number of hydrogen-bond acceptors (Lipinski definition) is 6. The van der Waals surface area contributed by atoms with E-state index in [9.17, 15) is 13.2 Å². The third kappa shape index (κ3) is 3.55. The quantitative estimate of drug-likeness (QED) is 0.918. The Hall–Kier alpha value is -1.93. The second-order valence-corrected chi connectivity index (χ2v) is 7.02. The van der Waals surface area contributed by atoms with Crippen LogP contribution in [0.5, 0.6) is 0 Å². The highest BCUT2D eigenvalue weighted by atomic mass is 32.2. The molecule has 2 aromatic rings. The summed E-state index contributed by atoms with van der Waals surface area (Å²) in [6.07, 6.45) is 1.14. The van der Waals surface area contributed by atoms with Crippen molar-refractivity contribution >= 4 is 27.6 Å². The van der Waals surface area contributed by atoms with Crippen LogP contribution in [0.2, 0.25) is 0 Å². The lowest BCUT2D eigenvalue weighted by molar-refractivity contribution is 0.0689. The second kappa shape index (κ2) is 5.59. The number of rotatable bonds is 4. The van der Waals surface area contributed by atoms with Crippen molar-refractivity contribution < 1.29 is 18.3 Å². The van der Waals surface area contributed by atoms with E-state index in [0.29, 0.717) is 5.03 Å². The Labute approximate surface area is 119 Å². The zero-order valence-corrected chi connectivity index (χ0v) is 12.0. The third-order valence-electron chi connectivity index (χ3n) is 2.33. The molecule has 0 spiro atoms. The summed E-state index contributed by atoms with van der Waals surface area (Å²) in [7, 11) is -3.21. The van der Waals surface area contributed by atoms with Gasteiger partial charge in [-0.1, -0.05) is 11.8 Å². The molecule has 8 heteroatoms. The normalized spacial score (nSPS) is 11.2. The largest absolute Gasteiger partial charge is 0.476 e. The predicted molar refractivity (Wildman–Crippen MR) is 72.7 cm³/mol. The molecule has 1 aromatic heterocycles. The summed E-state index contributed by atoms with van der Waals surface area (Å²) in [4.78, 5) is 11.7. The van der Waals surface area contributed by atoms with Gasteiger partial charge < -0.3 is 5.11 Å². The zero-order chi connectivity index (χ0) is 14.8. The number of carboxylic acids is 1. The summed E-state index contributed by atoms with van der Waals surface area (Å²) >= 11 is 1.27. The summed E-state index contributed by atoms with van der Waals surface area (Å²) in [5.74, 6) is -1.13. The molecule has 0 aliphatic heterocycles. The monoisotopic (exact) mass is 310 g/mol. The van der Waals surface area contributed by atoms with Gasteiger partial charge in [0.05, 0.1) is 4.90 Å². The summed E-state index contributed by atoms with van der Waals surface area (Å²) in [5.41, 5.74) is -0.123. The van der Waals surface area contributed by atoms with Crippen molar-refractivity contribution in [3.63, 3.8) is 0 Å². The van der Waals surface area contributed by atoms with Crippen LogP contribution in [-0.2, 0) is 9.84 Å². The Morgan fingerprint density at radius 3 is 2.20 bits per heavy atom. The van der Waals surface area contributed by atoms with E-state index in [2.05, 4.69) is 10.2 Å².